The molecule has 148 valence electrons. The van der Waals surface area contributed by atoms with E-state index in [0.29, 0.717) is 5.56 Å². The maximum atomic E-state index is 12.2. The van der Waals surface area contributed by atoms with Gasteiger partial charge in [0.1, 0.15) is 5.71 Å². The van der Waals surface area contributed by atoms with Crippen LogP contribution in [0.2, 0.25) is 0 Å². The van der Waals surface area contributed by atoms with Crippen molar-refractivity contribution in [2.24, 2.45) is 5.16 Å². The fraction of sp³-hybridized carbons (Fsp3) is 0.0435. The zero-order valence-electron chi connectivity index (χ0n) is 16.1. The number of carbonyl (C=O) groups is 1. The van der Waals surface area contributed by atoms with Gasteiger partial charge in [-0.1, -0.05) is 47.6 Å². The second kappa shape index (κ2) is 8.00. The van der Waals surface area contributed by atoms with E-state index >= 15 is 0 Å². The van der Waals surface area contributed by atoms with E-state index in [1.54, 1.807) is 18.2 Å². The summed E-state index contributed by atoms with van der Waals surface area (Å²) in [6.07, 6.45) is 1.67. The molecule has 30 heavy (non-hydrogen) atoms. The number of benzene rings is 3. The van der Waals surface area contributed by atoms with Crippen LogP contribution in [-0.2, 0) is 9.63 Å². The number of nitrogens with zero attached hydrogens (tertiary/aromatic N) is 3. The molecule has 7 nitrogen and oxygen atoms in total. The van der Waals surface area contributed by atoms with Crippen molar-refractivity contribution in [2.45, 2.75) is 0 Å². The summed E-state index contributed by atoms with van der Waals surface area (Å²) in [6.45, 7) is 0. The third-order valence-corrected chi connectivity index (χ3v) is 4.76. The molecule has 1 aliphatic heterocycles. The topological polar surface area (TPSA) is 85.0 Å². The van der Waals surface area contributed by atoms with Crippen molar-refractivity contribution in [3.8, 4) is 0 Å². The molecule has 7 heteroatoms. The summed E-state index contributed by atoms with van der Waals surface area (Å²) < 4.78 is 0. The standard InChI is InChI=1S/C23H17N3O4/c1-25(18-7-3-2-4-8-18)19-12-10-16(11-13-19)14-21-22(24-30-23(21)27)17-6-5-9-20(15-17)26(28)29/h2-15H,1H3. The Morgan fingerprint density at radius 3 is 2.37 bits per heavy atom. The summed E-state index contributed by atoms with van der Waals surface area (Å²) in [5.74, 6) is -0.595. The summed E-state index contributed by atoms with van der Waals surface area (Å²) >= 11 is 0. The molecule has 0 saturated carbocycles. The van der Waals surface area contributed by atoms with Crippen molar-refractivity contribution in [2.75, 3.05) is 11.9 Å². The minimum atomic E-state index is -0.595. The zero-order chi connectivity index (χ0) is 21.1. The van der Waals surface area contributed by atoms with Crippen LogP contribution in [0.3, 0.4) is 0 Å². The Hall–Kier alpha value is -4.26. The first-order valence-corrected chi connectivity index (χ1v) is 9.18. The maximum Gasteiger partial charge on any atom is 0.368 e. The molecule has 3 aromatic rings. The van der Waals surface area contributed by atoms with E-state index in [9.17, 15) is 14.9 Å². The molecule has 0 unspecified atom stereocenters. The summed E-state index contributed by atoms with van der Waals surface area (Å²) in [5.41, 5.74) is 3.72. The molecule has 0 aromatic heterocycles. The van der Waals surface area contributed by atoms with Crippen molar-refractivity contribution in [1.82, 2.24) is 0 Å². The van der Waals surface area contributed by atoms with Crippen LogP contribution in [0.5, 0.6) is 0 Å². The third kappa shape index (κ3) is 3.81. The van der Waals surface area contributed by atoms with E-state index in [1.807, 2.05) is 61.6 Å². The third-order valence-electron chi connectivity index (χ3n) is 4.76. The van der Waals surface area contributed by atoms with Crippen molar-refractivity contribution >= 4 is 34.8 Å². The van der Waals surface area contributed by atoms with Crippen LogP contribution in [0.15, 0.2) is 89.6 Å². The first-order valence-electron chi connectivity index (χ1n) is 9.18. The second-order valence-corrected chi connectivity index (χ2v) is 6.67. The summed E-state index contributed by atoms with van der Waals surface area (Å²) in [4.78, 5) is 29.6. The van der Waals surface area contributed by atoms with Gasteiger partial charge in [0.05, 0.1) is 10.5 Å². The van der Waals surface area contributed by atoms with Gasteiger partial charge in [0, 0.05) is 36.1 Å². The highest BCUT2D eigenvalue weighted by atomic mass is 16.7. The highest BCUT2D eigenvalue weighted by Crippen LogP contribution is 2.26. The van der Waals surface area contributed by atoms with Gasteiger partial charge in [0.15, 0.2) is 0 Å². The van der Waals surface area contributed by atoms with Gasteiger partial charge in [-0.2, -0.15) is 0 Å². The summed E-state index contributed by atoms with van der Waals surface area (Å²) in [6, 6.07) is 23.6. The predicted octanol–water partition coefficient (Wildman–Crippen LogP) is 4.71. The number of carbonyl (C=O) groups excluding carboxylic acids is 1. The zero-order valence-corrected chi connectivity index (χ0v) is 16.1. The van der Waals surface area contributed by atoms with Crippen molar-refractivity contribution in [3.05, 3.63) is 106 Å². The minimum absolute atomic E-state index is 0.0813. The molecule has 0 N–H and O–H groups in total. The van der Waals surface area contributed by atoms with Gasteiger partial charge in [-0.25, -0.2) is 4.79 Å². The van der Waals surface area contributed by atoms with Gasteiger partial charge in [-0.3, -0.25) is 10.1 Å². The normalized spacial score (nSPS) is 14.4. The van der Waals surface area contributed by atoms with Crippen LogP contribution in [0.1, 0.15) is 11.1 Å². The van der Waals surface area contributed by atoms with Crippen LogP contribution in [-0.4, -0.2) is 23.7 Å². The molecule has 0 aliphatic carbocycles. The second-order valence-electron chi connectivity index (χ2n) is 6.67. The maximum absolute atomic E-state index is 12.2. The Balaban J connectivity index is 1.62. The van der Waals surface area contributed by atoms with Gasteiger partial charge in [-0.05, 0) is 35.9 Å². The van der Waals surface area contributed by atoms with Gasteiger partial charge < -0.3 is 9.74 Å². The number of oxime groups is 1. The molecule has 0 spiro atoms. The molecular formula is C23H17N3O4. The van der Waals surface area contributed by atoms with Gasteiger partial charge in [0.25, 0.3) is 5.69 Å². The molecule has 4 rings (SSSR count). The number of anilines is 2. The molecular weight excluding hydrogens is 382 g/mol. The van der Waals surface area contributed by atoms with E-state index in [2.05, 4.69) is 10.1 Å². The Kier molecular flexibility index (Phi) is 5.09. The average molecular weight is 399 g/mol. The molecule has 0 fully saturated rings. The van der Waals surface area contributed by atoms with Crippen molar-refractivity contribution in [3.63, 3.8) is 0 Å². The predicted molar refractivity (Wildman–Crippen MR) is 115 cm³/mol. The minimum Gasteiger partial charge on any atom is -0.345 e. The largest absolute Gasteiger partial charge is 0.368 e. The Labute approximate surface area is 172 Å². The van der Waals surface area contributed by atoms with E-state index in [0.717, 1.165) is 16.9 Å². The van der Waals surface area contributed by atoms with Gasteiger partial charge >= 0.3 is 5.97 Å². The molecule has 0 atom stereocenters. The first-order chi connectivity index (χ1) is 14.5. The molecule has 1 heterocycles. The van der Waals surface area contributed by atoms with Crippen LogP contribution >= 0.6 is 0 Å². The van der Waals surface area contributed by atoms with E-state index in [4.69, 9.17) is 4.84 Å². The molecule has 3 aromatic carbocycles. The van der Waals surface area contributed by atoms with Gasteiger partial charge in [0.2, 0.25) is 0 Å². The number of hydrogen-bond acceptors (Lipinski definition) is 6. The SMILES string of the molecule is CN(c1ccccc1)c1ccc(C=C2C(=O)ON=C2c2cccc([N+](=O)[O-])c2)cc1. The van der Waals surface area contributed by atoms with Gasteiger partial charge in [-0.15, -0.1) is 0 Å². The number of rotatable bonds is 5. The molecule has 0 bridgehead atoms. The van der Waals surface area contributed by atoms with E-state index in [1.165, 1.54) is 12.1 Å². The average Bonchev–Trinajstić information content (AvgIpc) is 3.14. The lowest BCUT2D eigenvalue weighted by atomic mass is 10.00. The fourth-order valence-electron chi connectivity index (χ4n) is 3.15. The van der Waals surface area contributed by atoms with Crippen LogP contribution in [0.25, 0.3) is 6.08 Å². The lowest BCUT2D eigenvalue weighted by Gasteiger charge is -2.19. The van der Waals surface area contributed by atoms with E-state index in [-0.39, 0.29) is 17.0 Å². The highest BCUT2D eigenvalue weighted by Gasteiger charge is 2.27. The Bertz CT molecular complexity index is 1170. The Morgan fingerprint density at radius 1 is 0.967 bits per heavy atom. The van der Waals surface area contributed by atoms with Crippen LogP contribution < -0.4 is 4.90 Å². The number of nitro groups is 1. The number of hydrogen-bond donors (Lipinski definition) is 0. The molecule has 0 amide bonds. The monoisotopic (exact) mass is 399 g/mol. The van der Waals surface area contributed by atoms with Crippen molar-refractivity contribution < 1.29 is 14.6 Å². The lowest BCUT2D eigenvalue weighted by molar-refractivity contribution is -0.384. The molecule has 0 radical (unpaired) electrons. The molecule has 0 saturated heterocycles. The van der Waals surface area contributed by atoms with Crippen molar-refractivity contribution in [1.29, 1.82) is 0 Å². The molecule has 1 aliphatic rings. The highest BCUT2D eigenvalue weighted by molar-refractivity contribution is 6.31. The fourth-order valence-corrected chi connectivity index (χ4v) is 3.15. The lowest BCUT2D eigenvalue weighted by Crippen LogP contribution is -2.09. The number of nitro benzene ring substituents is 1. The van der Waals surface area contributed by atoms with E-state index < -0.39 is 10.9 Å². The Morgan fingerprint density at radius 2 is 1.67 bits per heavy atom. The number of non-ortho nitro benzene ring substituents is 1. The van der Waals surface area contributed by atoms with Crippen LogP contribution in [0, 0.1) is 10.1 Å². The smallest absolute Gasteiger partial charge is 0.345 e. The summed E-state index contributed by atoms with van der Waals surface area (Å²) in [7, 11) is 1.98. The quantitative estimate of drug-likeness (QED) is 0.269. The number of para-hydroxylation sites is 1. The summed E-state index contributed by atoms with van der Waals surface area (Å²) in [5, 5.41) is 14.9. The van der Waals surface area contributed by atoms with Crippen LogP contribution in [0.4, 0.5) is 17.1 Å². The first kappa shape index (κ1) is 19.1.